The number of fused-ring (bicyclic) bond motifs is 3. The molecular weight excluding hydrogens is 371 g/mol. The summed E-state index contributed by atoms with van der Waals surface area (Å²) >= 11 is 12.4. The Balaban J connectivity index is 1.63. The van der Waals surface area contributed by atoms with Crippen LogP contribution in [0.4, 0.5) is 0 Å². The lowest BCUT2D eigenvalue weighted by Gasteiger charge is -2.38. The lowest BCUT2D eigenvalue weighted by Crippen LogP contribution is -2.33. The van der Waals surface area contributed by atoms with E-state index in [1.807, 2.05) is 59.6 Å². The fourth-order valence-electron chi connectivity index (χ4n) is 3.53. The molecule has 0 saturated carbocycles. The number of hydrazone groups is 1. The number of ether oxygens (including phenoxy) is 1. The molecule has 6 heteroatoms. The molecule has 5 rings (SSSR count). The van der Waals surface area contributed by atoms with Crippen LogP contribution < -0.4 is 4.74 Å². The quantitative estimate of drug-likeness (QED) is 0.557. The Morgan fingerprint density at radius 3 is 2.69 bits per heavy atom. The molecule has 0 spiro atoms. The summed E-state index contributed by atoms with van der Waals surface area (Å²) in [5.41, 5.74) is 2.87. The fraction of sp³-hybridized carbons (Fsp3) is 0.150. The van der Waals surface area contributed by atoms with E-state index in [-0.39, 0.29) is 12.3 Å². The van der Waals surface area contributed by atoms with Gasteiger partial charge in [0.2, 0.25) is 6.23 Å². The highest BCUT2D eigenvalue weighted by molar-refractivity contribution is 6.31. The highest BCUT2D eigenvalue weighted by Gasteiger charge is 2.41. The molecule has 0 bridgehead atoms. The van der Waals surface area contributed by atoms with E-state index >= 15 is 0 Å². The van der Waals surface area contributed by atoms with Crippen molar-refractivity contribution in [2.75, 3.05) is 0 Å². The van der Waals surface area contributed by atoms with Gasteiger partial charge in [-0.25, -0.2) is 5.01 Å². The number of furan rings is 1. The molecule has 3 heterocycles. The molecule has 0 aliphatic carbocycles. The molecule has 130 valence electrons. The predicted octanol–water partition coefficient (Wildman–Crippen LogP) is 5.83. The standard InChI is InChI=1S/C20H14Cl2N2O2/c21-13-4-1-3-12(9-13)20-24-17(11-16(23-24)19-5-2-8-25-19)15-10-14(22)6-7-18(15)26-20/h1-10,17,20H,11H2/t17-,20-/m0/s1. The normalized spacial score (nSPS) is 21.0. The van der Waals surface area contributed by atoms with E-state index in [2.05, 4.69) is 0 Å². The Morgan fingerprint density at radius 1 is 1.00 bits per heavy atom. The molecule has 0 radical (unpaired) electrons. The maximum absolute atomic E-state index is 6.28. The second-order valence-electron chi connectivity index (χ2n) is 6.33. The SMILES string of the molecule is Clc1cccc([C@@H]2Oc3ccc(Cl)cc3[C@@H]3CC(c4ccco4)=NN32)c1. The van der Waals surface area contributed by atoms with Crippen molar-refractivity contribution in [3.63, 3.8) is 0 Å². The topological polar surface area (TPSA) is 38.0 Å². The third kappa shape index (κ3) is 2.57. The van der Waals surface area contributed by atoms with Crippen LogP contribution in [0.15, 0.2) is 70.4 Å². The van der Waals surface area contributed by atoms with Gasteiger partial charge in [-0.05, 0) is 42.5 Å². The van der Waals surface area contributed by atoms with Crippen LogP contribution >= 0.6 is 23.2 Å². The first-order valence-corrected chi connectivity index (χ1v) is 9.06. The van der Waals surface area contributed by atoms with Crippen molar-refractivity contribution >= 4 is 28.9 Å². The molecule has 4 nitrogen and oxygen atoms in total. The largest absolute Gasteiger partial charge is 0.464 e. The minimum absolute atomic E-state index is 0.0292. The zero-order valence-corrected chi connectivity index (χ0v) is 15.1. The van der Waals surface area contributed by atoms with Gasteiger partial charge in [-0.1, -0.05) is 35.3 Å². The van der Waals surface area contributed by atoms with E-state index in [1.54, 1.807) is 6.26 Å². The summed E-state index contributed by atoms with van der Waals surface area (Å²) in [6.45, 7) is 0. The van der Waals surface area contributed by atoms with Crippen LogP contribution in [0.2, 0.25) is 10.0 Å². The van der Waals surface area contributed by atoms with Gasteiger partial charge in [0.05, 0.1) is 12.3 Å². The van der Waals surface area contributed by atoms with Crippen LogP contribution in [0.5, 0.6) is 5.75 Å². The first kappa shape index (κ1) is 15.8. The minimum atomic E-state index is -0.361. The van der Waals surface area contributed by atoms with Crippen molar-refractivity contribution in [2.45, 2.75) is 18.7 Å². The molecule has 26 heavy (non-hydrogen) atoms. The van der Waals surface area contributed by atoms with Crippen molar-refractivity contribution in [2.24, 2.45) is 5.10 Å². The Morgan fingerprint density at radius 2 is 1.88 bits per heavy atom. The summed E-state index contributed by atoms with van der Waals surface area (Å²) in [7, 11) is 0. The van der Waals surface area contributed by atoms with Gasteiger partial charge in [0, 0.05) is 27.6 Å². The molecule has 2 aliphatic rings. The zero-order valence-electron chi connectivity index (χ0n) is 13.6. The van der Waals surface area contributed by atoms with E-state index < -0.39 is 0 Å². The van der Waals surface area contributed by atoms with Crippen LogP contribution in [0.25, 0.3) is 0 Å². The maximum Gasteiger partial charge on any atom is 0.213 e. The Hall–Kier alpha value is -2.43. The smallest absolute Gasteiger partial charge is 0.213 e. The first-order valence-electron chi connectivity index (χ1n) is 8.30. The number of halogens is 2. The molecule has 0 N–H and O–H groups in total. The van der Waals surface area contributed by atoms with E-state index in [1.165, 1.54) is 0 Å². The molecule has 0 amide bonds. The van der Waals surface area contributed by atoms with Crippen LogP contribution in [0, 0.1) is 0 Å². The van der Waals surface area contributed by atoms with E-state index in [9.17, 15) is 0 Å². The monoisotopic (exact) mass is 384 g/mol. The highest BCUT2D eigenvalue weighted by Crippen LogP contribution is 2.48. The summed E-state index contributed by atoms with van der Waals surface area (Å²) in [5, 5.41) is 8.13. The molecule has 0 fully saturated rings. The van der Waals surface area contributed by atoms with Crippen LogP contribution in [-0.2, 0) is 0 Å². The molecule has 2 aliphatic heterocycles. The highest BCUT2D eigenvalue weighted by atomic mass is 35.5. The summed E-state index contributed by atoms with van der Waals surface area (Å²) in [5.74, 6) is 1.59. The Kier molecular flexibility index (Phi) is 3.69. The third-order valence-corrected chi connectivity index (χ3v) is 5.16. The summed E-state index contributed by atoms with van der Waals surface area (Å²) in [4.78, 5) is 0. The molecule has 0 unspecified atom stereocenters. The first-order chi connectivity index (χ1) is 12.7. The number of benzene rings is 2. The maximum atomic E-state index is 6.28. The molecule has 1 aromatic heterocycles. The van der Waals surface area contributed by atoms with Crippen molar-refractivity contribution in [3.05, 3.63) is 87.8 Å². The van der Waals surface area contributed by atoms with Crippen LogP contribution in [0.3, 0.4) is 0 Å². The zero-order chi connectivity index (χ0) is 17.7. The van der Waals surface area contributed by atoms with E-state index in [0.29, 0.717) is 10.0 Å². The van der Waals surface area contributed by atoms with Crippen molar-refractivity contribution in [3.8, 4) is 5.75 Å². The molecule has 0 saturated heterocycles. The van der Waals surface area contributed by atoms with E-state index in [4.69, 9.17) is 37.5 Å². The van der Waals surface area contributed by atoms with Crippen molar-refractivity contribution in [1.29, 1.82) is 0 Å². The van der Waals surface area contributed by atoms with Crippen molar-refractivity contribution < 1.29 is 9.15 Å². The van der Waals surface area contributed by atoms with Gasteiger partial charge in [0.15, 0.2) is 0 Å². The fourth-order valence-corrected chi connectivity index (χ4v) is 3.91. The van der Waals surface area contributed by atoms with Crippen molar-refractivity contribution in [1.82, 2.24) is 5.01 Å². The molecule has 3 aromatic rings. The second-order valence-corrected chi connectivity index (χ2v) is 7.20. The number of hydrogen-bond donors (Lipinski definition) is 0. The lowest BCUT2D eigenvalue weighted by molar-refractivity contribution is -0.0190. The van der Waals surface area contributed by atoms with Gasteiger partial charge < -0.3 is 9.15 Å². The van der Waals surface area contributed by atoms with Gasteiger partial charge >= 0.3 is 0 Å². The van der Waals surface area contributed by atoms with E-state index in [0.717, 1.165) is 34.8 Å². The molecule has 2 atom stereocenters. The van der Waals surface area contributed by atoms with Gasteiger partial charge in [0.1, 0.15) is 17.2 Å². The molecule has 2 aromatic carbocycles. The van der Waals surface area contributed by atoms with Gasteiger partial charge in [-0.3, -0.25) is 0 Å². The third-order valence-electron chi connectivity index (χ3n) is 4.69. The van der Waals surface area contributed by atoms with Gasteiger partial charge in [-0.15, -0.1) is 0 Å². The summed E-state index contributed by atoms with van der Waals surface area (Å²) < 4.78 is 11.8. The predicted molar refractivity (Wildman–Crippen MR) is 101 cm³/mol. The van der Waals surface area contributed by atoms with Crippen LogP contribution in [0.1, 0.15) is 35.6 Å². The molecular formula is C20H14Cl2N2O2. The minimum Gasteiger partial charge on any atom is -0.464 e. The summed E-state index contributed by atoms with van der Waals surface area (Å²) in [6.07, 6.45) is 2.02. The number of hydrogen-bond acceptors (Lipinski definition) is 4. The van der Waals surface area contributed by atoms with Gasteiger partial charge in [0.25, 0.3) is 0 Å². The Labute approximate surface area is 160 Å². The lowest BCUT2D eigenvalue weighted by atomic mass is 9.97. The Bertz CT molecular complexity index is 1000. The average molecular weight is 385 g/mol. The number of rotatable bonds is 2. The number of nitrogens with zero attached hydrogens (tertiary/aromatic N) is 2. The van der Waals surface area contributed by atoms with Crippen LogP contribution in [-0.4, -0.2) is 10.7 Å². The average Bonchev–Trinajstić information content (AvgIpc) is 3.31. The second kappa shape index (κ2) is 6.08. The van der Waals surface area contributed by atoms with Gasteiger partial charge in [-0.2, -0.15) is 5.10 Å². The summed E-state index contributed by atoms with van der Waals surface area (Å²) in [6, 6.07) is 17.2.